The normalized spacial score (nSPS) is 22.8. The van der Waals surface area contributed by atoms with E-state index in [1.807, 2.05) is 48.7 Å². The first kappa shape index (κ1) is 27.1. The molecule has 1 fully saturated rings. The highest BCUT2D eigenvalue weighted by atomic mass is 16.6. The second kappa shape index (κ2) is 10.7. The molecule has 1 saturated heterocycles. The Bertz CT molecular complexity index is 1720. The number of aromatic nitrogens is 2. The number of ether oxygens (including phenoxy) is 1. The Kier molecular flexibility index (Phi) is 7.10. The third-order valence-corrected chi connectivity index (χ3v) is 7.81. The number of hydrogen-bond acceptors (Lipinski definition) is 8. The van der Waals surface area contributed by atoms with Gasteiger partial charge >= 0.3 is 0 Å². The predicted molar refractivity (Wildman–Crippen MR) is 151 cm³/mol. The zero-order valence-electron chi connectivity index (χ0n) is 22.6. The molecule has 2 aromatic heterocycles. The lowest BCUT2D eigenvalue weighted by atomic mass is 9.96. The lowest BCUT2D eigenvalue weighted by Gasteiger charge is -2.40. The van der Waals surface area contributed by atoms with Crippen molar-refractivity contribution in [3.8, 4) is 11.1 Å². The molecule has 5 N–H and O–H groups in total. The number of fused-ring (bicyclic) bond motifs is 2. The van der Waals surface area contributed by atoms with Crippen molar-refractivity contribution in [2.24, 2.45) is 0 Å². The zero-order chi connectivity index (χ0) is 28.8. The molecule has 5 atom stereocenters. The molecule has 10 nitrogen and oxygen atoms in total. The Morgan fingerprint density at radius 2 is 1.78 bits per heavy atom. The summed E-state index contributed by atoms with van der Waals surface area (Å²) in [6, 6.07) is 18.8. The van der Waals surface area contributed by atoms with E-state index in [0.717, 1.165) is 38.7 Å². The van der Waals surface area contributed by atoms with Gasteiger partial charge in [-0.2, -0.15) is 0 Å². The van der Waals surface area contributed by atoms with Crippen molar-refractivity contribution >= 4 is 27.6 Å². The number of carbonyl (C=O) groups is 1. The molecule has 3 aromatic carbocycles. The van der Waals surface area contributed by atoms with E-state index in [0.29, 0.717) is 23.3 Å². The molecule has 1 aliphatic rings. The molecule has 0 spiro atoms. The fraction of sp³-hybridized carbons (Fsp3) is 0.290. The van der Waals surface area contributed by atoms with Crippen molar-refractivity contribution in [3.05, 3.63) is 89.4 Å². The fourth-order valence-electron chi connectivity index (χ4n) is 5.67. The first-order chi connectivity index (χ1) is 19.7. The smallest absolute Gasteiger partial charge is 0.253 e. The number of aryl methyl sites for hydroxylation is 2. The first-order valence-corrected chi connectivity index (χ1v) is 13.4. The van der Waals surface area contributed by atoms with Gasteiger partial charge in [-0.25, -0.2) is 0 Å². The van der Waals surface area contributed by atoms with Crippen LogP contribution in [0.15, 0.2) is 71.4 Å². The number of hydrogen-bond donors (Lipinski definition) is 5. The lowest BCUT2D eigenvalue weighted by Crippen LogP contribution is -2.64. The second-order valence-corrected chi connectivity index (χ2v) is 10.5. The van der Waals surface area contributed by atoms with Gasteiger partial charge in [0, 0.05) is 29.2 Å². The molecule has 0 radical (unpaired) electrons. The summed E-state index contributed by atoms with van der Waals surface area (Å²) >= 11 is 0. The van der Waals surface area contributed by atoms with E-state index < -0.39 is 43.2 Å². The maximum Gasteiger partial charge on any atom is 0.253 e. The Hall–Kier alpha value is -4.06. The van der Waals surface area contributed by atoms with Gasteiger partial charge in [0.2, 0.25) is 0 Å². The van der Waals surface area contributed by atoms with Crippen LogP contribution in [0, 0.1) is 13.8 Å². The summed E-state index contributed by atoms with van der Waals surface area (Å²) in [6.45, 7) is 3.62. The summed E-state index contributed by atoms with van der Waals surface area (Å²) in [7, 11) is 0. The summed E-state index contributed by atoms with van der Waals surface area (Å²) in [4.78, 5) is 13.6. The van der Waals surface area contributed by atoms with Crippen molar-refractivity contribution < 1.29 is 34.5 Å². The number of nitrogens with one attached hydrogen (secondary N) is 1. The van der Waals surface area contributed by atoms with Gasteiger partial charge in [-0.15, -0.1) is 0 Å². The van der Waals surface area contributed by atoms with Crippen molar-refractivity contribution in [2.75, 3.05) is 6.61 Å². The molecule has 5 aromatic rings. The maximum absolute atomic E-state index is 13.6. The van der Waals surface area contributed by atoms with Crippen molar-refractivity contribution in [3.63, 3.8) is 0 Å². The van der Waals surface area contributed by atoms with Crippen LogP contribution in [0.5, 0.6) is 0 Å². The highest BCUT2D eigenvalue weighted by molar-refractivity contribution is 6.08. The third-order valence-electron chi connectivity index (χ3n) is 7.81. The van der Waals surface area contributed by atoms with Crippen molar-refractivity contribution in [2.45, 2.75) is 51.0 Å². The van der Waals surface area contributed by atoms with Gasteiger partial charge in [0.15, 0.2) is 6.29 Å². The third kappa shape index (κ3) is 4.90. The first-order valence-electron chi connectivity index (χ1n) is 13.4. The number of nitrogens with zero attached hydrogens (tertiary/aromatic N) is 2. The van der Waals surface area contributed by atoms with Crippen LogP contribution >= 0.6 is 0 Å². The van der Waals surface area contributed by atoms with Crippen LogP contribution in [-0.4, -0.2) is 73.3 Å². The molecule has 0 aliphatic carbocycles. The number of aliphatic hydroxyl groups excluding tert-OH is 4. The van der Waals surface area contributed by atoms with Gasteiger partial charge in [-0.3, -0.25) is 4.79 Å². The fourth-order valence-corrected chi connectivity index (χ4v) is 5.67. The van der Waals surface area contributed by atoms with Gasteiger partial charge in [0.25, 0.3) is 5.91 Å². The van der Waals surface area contributed by atoms with Crippen LogP contribution in [0.3, 0.4) is 0 Å². The minimum atomic E-state index is -1.62. The summed E-state index contributed by atoms with van der Waals surface area (Å²) in [5.41, 5.74) is 4.69. The molecule has 212 valence electrons. The highest BCUT2D eigenvalue weighted by Crippen LogP contribution is 2.32. The maximum atomic E-state index is 13.6. The second-order valence-electron chi connectivity index (χ2n) is 10.5. The molecule has 10 heteroatoms. The Balaban J connectivity index is 1.40. The van der Waals surface area contributed by atoms with Gasteiger partial charge in [-0.05, 0) is 47.9 Å². The average molecular weight is 558 g/mol. The zero-order valence-corrected chi connectivity index (χ0v) is 22.6. The Morgan fingerprint density at radius 3 is 2.51 bits per heavy atom. The minimum absolute atomic E-state index is 0.323. The monoisotopic (exact) mass is 557 g/mol. The Labute approximate surface area is 235 Å². The van der Waals surface area contributed by atoms with E-state index in [9.17, 15) is 25.2 Å². The quantitative estimate of drug-likeness (QED) is 0.214. The van der Waals surface area contributed by atoms with Crippen LogP contribution in [-0.2, 0) is 11.3 Å². The van der Waals surface area contributed by atoms with E-state index in [1.54, 1.807) is 6.20 Å². The van der Waals surface area contributed by atoms with E-state index >= 15 is 0 Å². The summed E-state index contributed by atoms with van der Waals surface area (Å²) in [5.74, 6) is 0.131. The largest absolute Gasteiger partial charge is 0.394 e. The van der Waals surface area contributed by atoms with E-state index in [4.69, 9.17) is 9.26 Å². The predicted octanol–water partition coefficient (Wildman–Crippen LogP) is 2.64. The topological polar surface area (TPSA) is 150 Å². The van der Waals surface area contributed by atoms with Crippen LogP contribution in [0.4, 0.5) is 0 Å². The molecule has 3 heterocycles. The van der Waals surface area contributed by atoms with Gasteiger partial charge in [0.1, 0.15) is 30.1 Å². The van der Waals surface area contributed by atoms with E-state index in [1.165, 1.54) is 0 Å². The number of aliphatic hydroxyl groups is 4. The lowest BCUT2D eigenvalue weighted by molar-refractivity contribution is -0.252. The van der Waals surface area contributed by atoms with Crippen molar-refractivity contribution in [1.82, 2.24) is 15.0 Å². The molecule has 1 aliphatic heterocycles. The number of amides is 1. The summed E-state index contributed by atoms with van der Waals surface area (Å²) in [5, 5.41) is 50.2. The van der Waals surface area contributed by atoms with E-state index in [-0.39, 0.29) is 0 Å². The summed E-state index contributed by atoms with van der Waals surface area (Å²) in [6.07, 6.45) is -4.08. The molecular formula is C31H31N3O7. The van der Waals surface area contributed by atoms with Crippen LogP contribution in [0.2, 0.25) is 0 Å². The van der Waals surface area contributed by atoms with E-state index in [2.05, 4.69) is 40.8 Å². The van der Waals surface area contributed by atoms with Gasteiger partial charge in [-0.1, -0.05) is 53.7 Å². The van der Waals surface area contributed by atoms with Gasteiger partial charge < -0.3 is 39.6 Å². The molecule has 1 amide bonds. The number of carbonyl (C=O) groups excluding carboxylic acids is 1. The molecular weight excluding hydrogens is 526 g/mol. The molecule has 41 heavy (non-hydrogen) atoms. The molecule has 0 bridgehead atoms. The summed E-state index contributed by atoms with van der Waals surface area (Å²) < 4.78 is 12.6. The van der Waals surface area contributed by atoms with Crippen LogP contribution in [0.25, 0.3) is 32.8 Å². The SMILES string of the molecule is Cc1noc(C)c1-c1ccc2c(C(=O)N[C@H]3C(O)O[C@H](CO)[C@@H](O)C3O)cn(Cc3ccc4ccccc4c3)c2c1. The standard InChI is InChI=1S/C31H31N3O7/c1-16-26(17(2)41-33-16)21-9-10-22-23(30(38)32-27-29(37)28(36)25(15-35)40-31(27)39)14-34(24(22)12-21)13-18-7-8-19-5-3-4-6-20(19)11-18/h3-12,14,25,27-29,31,35-37,39H,13,15H2,1-2H3,(H,32,38)/t25-,27-,28-,29?,31?/m1/s1. The van der Waals surface area contributed by atoms with Gasteiger partial charge in [0.05, 0.1) is 17.9 Å². The minimum Gasteiger partial charge on any atom is -0.394 e. The van der Waals surface area contributed by atoms with Crippen molar-refractivity contribution in [1.29, 1.82) is 0 Å². The molecule has 0 saturated carbocycles. The van der Waals surface area contributed by atoms with Crippen LogP contribution in [0.1, 0.15) is 27.4 Å². The molecule has 6 rings (SSSR count). The average Bonchev–Trinajstić information content (AvgIpc) is 3.51. The van der Waals surface area contributed by atoms with Crippen LogP contribution < -0.4 is 5.32 Å². The number of rotatable bonds is 6. The number of benzene rings is 3. The highest BCUT2D eigenvalue weighted by Gasteiger charge is 2.44. The molecule has 2 unspecified atom stereocenters. The Morgan fingerprint density at radius 1 is 1.00 bits per heavy atom.